The van der Waals surface area contributed by atoms with Crippen molar-refractivity contribution in [2.24, 2.45) is 0 Å². The van der Waals surface area contributed by atoms with Crippen LogP contribution < -0.4 is 5.32 Å². The fraction of sp³-hybridized carbons (Fsp3) is 0.714. The van der Waals surface area contributed by atoms with Gasteiger partial charge in [-0.05, 0) is 39.2 Å². The number of hydrogen-bond acceptors (Lipinski definition) is 4. The van der Waals surface area contributed by atoms with Gasteiger partial charge in [0.2, 0.25) is 5.76 Å². The summed E-state index contributed by atoms with van der Waals surface area (Å²) in [5.74, 6) is 0.371. The first-order chi connectivity index (χ1) is 9.24. The van der Waals surface area contributed by atoms with Crippen molar-refractivity contribution in [3.63, 3.8) is 0 Å². The lowest BCUT2D eigenvalue weighted by Crippen LogP contribution is -2.46. The molecule has 1 N–H and O–H groups in total. The second kappa shape index (κ2) is 5.33. The van der Waals surface area contributed by atoms with Crippen LogP contribution in [0, 0.1) is 6.92 Å². The molecule has 5 nitrogen and oxygen atoms in total. The van der Waals surface area contributed by atoms with Gasteiger partial charge in [-0.2, -0.15) is 0 Å². The van der Waals surface area contributed by atoms with Gasteiger partial charge in [-0.3, -0.25) is 4.79 Å². The minimum absolute atomic E-state index is 0.00419. The molecule has 1 saturated heterocycles. The van der Waals surface area contributed by atoms with Crippen molar-refractivity contribution in [3.8, 4) is 0 Å². The standard InChI is InChI=1S/C14H21N3O2/c1-10-8-13(19-16-10)14(18)17(12-5-6-12)9-11-4-2-3-7-15-11/h8,11-12,15H,2-7,9H2,1H3. The highest BCUT2D eigenvalue weighted by molar-refractivity contribution is 5.92. The van der Waals surface area contributed by atoms with Crippen LogP contribution in [0.15, 0.2) is 10.6 Å². The lowest BCUT2D eigenvalue weighted by atomic mass is 10.0. The van der Waals surface area contributed by atoms with E-state index in [1.807, 2.05) is 11.8 Å². The quantitative estimate of drug-likeness (QED) is 0.898. The molecule has 1 amide bonds. The van der Waals surface area contributed by atoms with Gasteiger partial charge in [0.25, 0.3) is 5.91 Å². The molecular formula is C14H21N3O2. The molecular weight excluding hydrogens is 242 g/mol. The van der Waals surface area contributed by atoms with Crippen molar-refractivity contribution in [3.05, 3.63) is 17.5 Å². The lowest BCUT2D eigenvalue weighted by molar-refractivity contribution is 0.0676. The van der Waals surface area contributed by atoms with Gasteiger partial charge >= 0.3 is 0 Å². The zero-order valence-corrected chi connectivity index (χ0v) is 11.4. The molecule has 3 rings (SSSR count). The monoisotopic (exact) mass is 263 g/mol. The van der Waals surface area contributed by atoms with Gasteiger partial charge < -0.3 is 14.7 Å². The van der Waals surface area contributed by atoms with E-state index in [9.17, 15) is 4.79 Å². The average molecular weight is 263 g/mol. The van der Waals surface area contributed by atoms with Gasteiger partial charge in [-0.15, -0.1) is 0 Å². The first-order valence-electron chi connectivity index (χ1n) is 7.22. The number of aryl methyl sites for hydroxylation is 1. The Morgan fingerprint density at radius 3 is 2.89 bits per heavy atom. The Morgan fingerprint density at radius 2 is 2.32 bits per heavy atom. The number of hydrogen-bond donors (Lipinski definition) is 1. The van der Waals surface area contributed by atoms with E-state index in [1.54, 1.807) is 6.07 Å². The SMILES string of the molecule is Cc1cc(C(=O)N(CC2CCCCN2)C2CC2)on1. The minimum Gasteiger partial charge on any atom is -0.351 e. The smallest absolute Gasteiger partial charge is 0.292 e. The topological polar surface area (TPSA) is 58.4 Å². The molecule has 2 heterocycles. The zero-order chi connectivity index (χ0) is 13.2. The molecule has 2 aliphatic rings. The number of piperidine rings is 1. The molecule has 5 heteroatoms. The maximum atomic E-state index is 12.5. The summed E-state index contributed by atoms with van der Waals surface area (Å²) in [5.41, 5.74) is 0.759. The highest BCUT2D eigenvalue weighted by Crippen LogP contribution is 2.29. The van der Waals surface area contributed by atoms with Crippen LogP contribution in [0.4, 0.5) is 0 Å². The first-order valence-corrected chi connectivity index (χ1v) is 7.22. The van der Waals surface area contributed by atoms with Crippen LogP contribution >= 0.6 is 0 Å². The largest absolute Gasteiger partial charge is 0.351 e. The third-order valence-electron chi connectivity index (χ3n) is 3.92. The van der Waals surface area contributed by atoms with E-state index in [1.165, 1.54) is 12.8 Å². The summed E-state index contributed by atoms with van der Waals surface area (Å²) in [6.07, 6.45) is 5.89. The second-order valence-corrected chi connectivity index (χ2v) is 5.67. The van der Waals surface area contributed by atoms with Crippen molar-refractivity contribution in [1.82, 2.24) is 15.4 Å². The van der Waals surface area contributed by atoms with Crippen LogP contribution in [0.2, 0.25) is 0 Å². The summed E-state index contributed by atoms with van der Waals surface area (Å²) in [7, 11) is 0. The summed E-state index contributed by atoms with van der Waals surface area (Å²) < 4.78 is 5.11. The Morgan fingerprint density at radius 1 is 1.47 bits per heavy atom. The molecule has 0 spiro atoms. The van der Waals surface area contributed by atoms with Crippen LogP contribution in [0.5, 0.6) is 0 Å². The minimum atomic E-state index is -0.00419. The van der Waals surface area contributed by atoms with E-state index in [-0.39, 0.29) is 5.91 Å². The molecule has 1 aromatic rings. The van der Waals surface area contributed by atoms with E-state index in [0.29, 0.717) is 17.8 Å². The first kappa shape index (κ1) is 12.7. The van der Waals surface area contributed by atoms with Gasteiger partial charge in [-0.25, -0.2) is 0 Å². The van der Waals surface area contributed by atoms with Crippen molar-refractivity contribution in [1.29, 1.82) is 0 Å². The molecule has 19 heavy (non-hydrogen) atoms. The molecule has 1 atom stereocenters. The van der Waals surface area contributed by atoms with Crippen LogP contribution in [0.3, 0.4) is 0 Å². The predicted octanol–water partition coefficient (Wildman–Crippen LogP) is 1.73. The summed E-state index contributed by atoms with van der Waals surface area (Å²) in [6, 6.07) is 2.57. The van der Waals surface area contributed by atoms with E-state index >= 15 is 0 Å². The number of nitrogens with one attached hydrogen (secondary N) is 1. The van der Waals surface area contributed by atoms with Crippen LogP contribution in [-0.4, -0.2) is 41.1 Å². The number of carbonyl (C=O) groups excluding carboxylic acids is 1. The molecule has 0 bridgehead atoms. The van der Waals surface area contributed by atoms with Gasteiger partial charge in [0.1, 0.15) is 0 Å². The Labute approximate surface area is 113 Å². The predicted molar refractivity (Wildman–Crippen MR) is 70.9 cm³/mol. The zero-order valence-electron chi connectivity index (χ0n) is 11.4. The summed E-state index contributed by atoms with van der Waals surface area (Å²) in [4.78, 5) is 14.5. The lowest BCUT2D eigenvalue weighted by Gasteiger charge is -2.30. The summed E-state index contributed by atoms with van der Waals surface area (Å²) in [6.45, 7) is 3.70. The van der Waals surface area contributed by atoms with Gasteiger partial charge in [0.15, 0.2) is 0 Å². The van der Waals surface area contributed by atoms with Crippen molar-refractivity contribution < 1.29 is 9.32 Å². The molecule has 1 aromatic heterocycles. The Kier molecular flexibility index (Phi) is 3.55. The Bertz CT molecular complexity index is 447. The maximum absolute atomic E-state index is 12.5. The Hall–Kier alpha value is -1.36. The fourth-order valence-electron chi connectivity index (χ4n) is 2.71. The molecule has 1 saturated carbocycles. The molecule has 0 aromatic carbocycles. The van der Waals surface area contributed by atoms with Crippen molar-refractivity contribution in [2.75, 3.05) is 13.1 Å². The third kappa shape index (κ3) is 2.97. The highest BCUT2D eigenvalue weighted by atomic mass is 16.5. The van der Waals surface area contributed by atoms with Crippen molar-refractivity contribution in [2.45, 2.75) is 51.1 Å². The molecule has 104 valence electrons. The van der Waals surface area contributed by atoms with Crippen LogP contribution in [0.25, 0.3) is 0 Å². The number of carbonyl (C=O) groups is 1. The molecule has 0 radical (unpaired) electrons. The maximum Gasteiger partial charge on any atom is 0.292 e. The number of aromatic nitrogens is 1. The molecule has 2 fully saturated rings. The second-order valence-electron chi connectivity index (χ2n) is 5.67. The third-order valence-corrected chi connectivity index (χ3v) is 3.92. The van der Waals surface area contributed by atoms with Crippen LogP contribution in [0.1, 0.15) is 48.4 Å². The van der Waals surface area contributed by atoms with Crippen molar-refractivity contribution >= 4 is 5.91 Å². The fourth-order valence-corrected chi connectivity index (χ4v) is 2.71. The number of nitrogens with zero attached hydrogens (tertiary/aromatic N) is 2. The van der Waals surface area contributed by atoms with E-state index in [4.69, 9.17) is 4.52 Å². The number of amides is 1. The Balaban J connectivity index is 1.68. The normalized spacial score (nSPS) is 23.3. The molecule has 1 aliphatic heterocycles. The molecule has 1 unspecified atom stereocenters. The van der Waals surface area contributed by atoms with Gasteiger partial charge in [0, 0.05) is 24.7 Å². The summed E-state index contributed by atoms with van der Waals surface area (Å²) >= 11 is 0. The highest BCUT2D eigenvalue weighted by Gasteiger charge is 2.36. The molecule has 1 aliphatic carbocycles. The van der Waals surface area contributed by atoms with Crippen LogP contribution in [-0.2, 0) is 0 Å². The van der Waals surface area contributed by atoms with E-state index in [2.05, 4.69) is 10.5 Å². The van der Waals surface area contributed by atoms with Gasteiger partial charge in [-0.1, -0.05) is 11.6 Å². The van der Waals surface area contributed by atoms with E-state index < -0.39 is 0 Å². The van der Waals surface area contributed by atoms with E-state index in [0.717, 1.165) is 38.0 Å². The van der Waals surface area contributed by atoms with Gasteiger partial charge in [0.05, 0.1) is 5.69 Å². The summed E-state index contributed by atoms with van der Waals surface area (Å²) in [5, 5.41) is 7.31. The number of rotatable bonds is 4. The average Bonchev–Trinajstić information content (AvgIpc) is 3.18.